The maximum Gasteiger partial charge on any atom is 0.257 e. The molecule has 33 heavy (non-hydrogen) atoms. The number of fused-ring (bicyclic) bond motifs is 1. The number of ether oxygens (including phenoxy) is 1. The van der Waals surface area contributed by atoms with Crippen LogP contribution in [0, 0.1) is 5.92 Å². The summed E-state index contributed by atoms with van der Waals surface area (Å²) in [5, 5.41) is 6.46. The number of para-hydroxylation sites is 2. The summed E-state index contributed by atoms with van der Waals surface area (Å²) in [6.45, 7) is 4.78. The van der Waals surface area contributed by atoms with Gasteiger partial charge in [-0.05, 0) is 72.7 Å². The number of aromatic nitrogens is 2. The van der Waals surface area contributed by atoms with E-state index in [4.69, 9.17) is 28.6 Å². The molecule has 0 atom stereocenters. The van der Waals surface area contributed by atoms with Crippen molar-refractivity contribution in [2.45, 2.75) is 13.8 Å². The lowest BCUT2D eigenvalue weighted by Crippen LogP contribution is -2.34. The van der Waals surface area contributed by atoms with E-state index in [2.05, 4.69) is 34.4 Å². The molecular weight excluding hydrogens is 456 g/mol. The van der Waals surface area contributed by atoms with Gasteiger partial charge in [-0.15, -0.1) is 0 Å². The summed E-state index contributed by atoms with van der Waals surface area (Å²) < 4.78 is 5.65. The van der Waals surface area contributed by atoms with E-state index in [0.717, 1.165) is 22.3 Å². The van der Waals surface area contributed by atoms with E-state index in [1.54, 1.807) is 36.4 Å². The summed E-state index contributed by atoms with van der Waals surface area (Å²) >= 11 is 11.7. The smallest absolute Gasteiger partial charge is 0.257 e. The Bertz CT molecular complexity index is 1270. The molecule has 0 aliphatic heterocycles. The molecule has 4 aromatic rings. The Kier molecular flexibility index (Phi) is 6.91. The molecule has 3 aromatic carbocycles. The van der Waals surface area contributed by atoms with E-state index < -0.39 is 0 Å². The van der Waals surface area contributed by atoms with E-state index in [1.807, 2.05) is 30.3 Å². The van der Waals surface area contributed by atoms with Crippen LogP contribution in [0.25, 0.3) is 22.4 Å². The van der Waals surface area contributed by atoms with Gasteiger partial charge >= 0.3 is 0 Å². The number of carbonyl (C=O) groups excluding carboxylic acids is 1. The first-order chi connectivity index (χ1) is 15.9. The Morgan fingerprint density at radius 3 is 2.61 bits per heavy atom. The molecule has 3 N–H and O–H groups in total. The molecule has 0 bridgehead atoms. The lowest BCUT2D eigenvalue weighted by Gasteiger charge is -2.12. The summed E-state index contributed by atoms with van der Waals surface area (Å²) in [5.41, 5.74) is 3.66. The second-order valence-electron chi connectivity index (χ2n) is 7.93. The summed E-state index contributed by atoms with van der Waals surface area (Å²) in [4.78, 5) is 20.4. The first kappa shape index (κ1) is 22.8. The molecule has 0 aliphatic rings. The van der Waals surface area contributed by atoms with Crippen LogP contribution < -0.4 is 15.4 Å². The molecule has 1 heterocycles. The van der Waals surface area contributed by atoms with Gasteiger partial charge in [-0.3, -0.25) is 10.1 Å². The van der Waals surface area contributed by atoms with Crippen molar-refractivity contribution in [1.29, 1.82) is 0 Å². The molecule has 0 radical (unpaired) electrons. The molecule has 0 saturated carbocycles. The number of anilines is 1. The highest BCUT2D eigenvalue weighted by Gasteiger charge is 2.12. The van der Waals surface area contributed by atoms with Gasteiger partial charge in [0.15, 0.2) is 5.11 Å². The molecular formula is C25H23ClN4O2S. The third-order valence-corrected chi connectivity index (χ3v) is 5.33. The van der Waals surface area contributed by atoms with Gasteiger partial charge in [0.25, 0.3) is 5.91 Å². The van der Waals surface area contributed by atoms with Crippen molar-refractivity contribution in [3.8, 4) is 17.1 Å². The highest BCUT2D eigenvalue weighted by molar-refractivity contribution is 7.80. The summed E-state index contributed by atoms with van der Waals surface area (Å²) in [7, 11) is 0. The van der Waals surface area contributed by atoms with Gasteiger partial charge in [-0.1, -0.05) is 37.6 Å². The summed E-state index contributed by atoms with van der Waals surface area (Å²) in [6.07, 6.45) is 0. The average molecular weight is 479 g/mol. The quantitative estimate of drug-likeness (QED) is 0.294. The van der Waals surface area contributed by atoms with E-state index in [-0.39, 0.29) is 11.0 Å². The maximum atomic E-state index is 12.5. The SMILES string of the molecule is CC(C)COc1ccc(C(=O)NC(=S)Nc2ccc(Cl)c(-c3nc4ccccc4[nH]3)c2)cc1. The van der Waals surface area contributed by atoms with Crippen molar-refractivity contribution < 1.29 is 9.53 Å². The number of rotatable bonds is 6. The van der Waals surface area contributed by atoms with Crippen molar-refractivity contribution in [2.24, 2.45) is 5.92 Å². The minimum atomic E-state index is -0.311. The average Bonchev–Trinajstić information content (AvgIpc) is 3.23. The van der Waals surface area contributed by atoms with Crippen LogP contribution >= 0.6 is 23.8 Å². The number of nitrogens with zero attached hydrogens (tertiary/aromatic N) is 1. The van der Waals surface area contributed by atoms with Gasteiger partial charge in [-0.25, -0.2) is 4.98 Å². The minimum Gasteiger partial charge on any atom is -0.493 e. The zero-order valence-electron chi connectivity index (χ0n) is 18.2. The Labute approximate surface area is 202 Å². The fourth-order valence-corrected chi connectivity index (χ4v) is 3.59. The third-order valence-electron chi connectivity index (χ3n) is 4.80. The molecule has 1 aromatic heterocycles. The molecule has 0 spiro atoms. The lowest BCUT2D eigenvalue weighted by molar-refractivity contribution is 0.0977. The van der Waals surface area contributed by atoms with Crippen molar-refractivity contribution in [3.63, 3.8) is 0 Å². The van der Waals surface area contributed by atoms with Crippen LogP contribution in [0.2, 0.25) is 5.02 Å². The van der Waals surface area contributed by atoms with E-state index in [0.29, 0.717) is 34.6 Å². The molecule has 0 saturated heterocycles. The van der Waals surface area contributed by atoms with E-state index in [9.17, 15) is 4.79 Å². The third kappa shape index (κ3) is 5.69. The van der Waals surface area contributed by atoms with Gasteiger partial charge in [-0.2, -0.15) is 0 Å². The van der Waals surface area contributed by atoms with Gasteiger partial charge < -0.3 is 15.0 Å². The Morgan fingerprint density at radius 2 is 1.88 bits per heavy atom. The molecule has 168 valence electrons. The largest absolute Gasteiger partial charge is 0.493 e. The highest BCUT2D eigenvalue weighted by Crippen LogP contribution is 2.30. The second kappa shape index (κ2) is 10.0. The Morgan fingerprint density at radius 1 is 1.12 bits per heavy atom. The predicted molar refractivity (Wildman–Crippen MR) is 137 cm³/mol. The number of H-pyrrole nitrogens is 1. The fraction of sp³-hybridized carbons (Fsp3) is 0.160. The number of imidazole rings is 1. The zero-order valence-corrected chi connectivity index (χ0v) is 19.8. The predicted octanol–water partition coefficient (Wildman–Crippen LogP) is 6.04. The number of carbonyl (C=O) groups is 1. The van der Waals surface area contributed by atoms with Crippen molar-refractivity contribution >= 4 is 51.6 Å². The van der Waals surface area contributed by atoms with Crippen LogP contribution in [-0.2, 0) is 0 Å². The first-order valence-electron chi connectivity index (χ1n) is 10.5. The van der Waals surface area contributed by atoms with Crippen molar-refractivity contribution in [1.82, 2.24) is 15.3 Å². The summed E-state index contributed by atoms with van der Waals surface area (Å²) in [5.74, 6) is 1.49. The number of nitrogens with one attached hydrogen (secondary N) is 3. The van der Waals surface area contributed by atoms with Crippen LogP contribution in [0.15, 0.2) is 66.7 Å². The number of hydrogen-bond donors (Lipinski definition) is 3. The van der Waals surface area contributed by atoms with Crippen molar-refractivity contribution in [2.75, 3.05) is 11.9 Å². The first-order valence-corrected chi connectivity index (χ1v) is 11.3. The van der Waals surface area contributed by atoms with Crippen molar-refractivity contribution in [3.05, 3.63) is 77.3 Å². The van der Waals surface area contributed by atoms with Crippen LogP contribution in [-0.4, -0.2) is 27.6 Å². The van der Waals surface area contributed by atoms with E-state index in [1.165, 1.54) is 0 Å². The molecule has 1 amide bonds. The number of benzene rings is 3. The number of aromatic amines is 1. The molecule has 4 rings (SSSR count). The second-order valence-corrected chi connectivity index (χ2v) is 8.75. The Hall–Kier alpha value is -3.42. The molecule has 0 fully saturated rings. The van der Waals surface area contributed by atoms with Gasteiger partial charge in [0, 0.05) is 16.8 Å². The molecule has 0 unspecified atom stereocenters. The lowest BCUT2D eigenvalue weighted by atomic mass is 10.2. The standard InChI is InChI=1S/C25H23ClN4O2S/c1-15(2)14-32-18-10-7-16(8-11-18)24(31)30-25(33)27-17-9-12-20(26)19(13-17)23-28-21-5-3-4-6-22(21)29-23/h3-13,15H,14H2,1-2H3,(H,28,29)(H2,27,30,31,33). The van der Waals surface area contributed by atoms with Crippen LogP contribution in [0.1, 0.15) is 24.2 Å². The molecule has 0 aliphatic carbocycles. The number of hydrogen-bond acceptors (Lipinski definition) is 4. The zero-order chi connectivity index (χ0) is 23.4. The highest BCUT2D eigenvalue weighted by atomic mass is 35.5. The number of thiocarbonyl (C=S) groups is 1. The number of halogens is 1. The van der Waals surface area contributed by atoms with Crippen LogP contribution in [0.5, 0.6) is 5.75 Å². The fourth-order valence-electron chi connectivity index (χ4n) is 3.17. The summed E-state index contributed by atoms with van der Waals surface area (Å²) in [6, 6.07) is 20.1. The minimum absolute atomic E-state index is 0.179. The normalized spacial score (nSPS) is 10.9. The van der Waals surface area contributed by atoms with Gasteiger partial charge in [0.2, 0.25) is 0 Å². The van der Waals surface area contributed by atoms with Crippen LogP contribution in [0.3, 0.4) is 0 Å². The molecule has 8 heteroatoms. The van der Waals surface area contributed by atoms with Crippen LogP contribution in [0.4, 0.5) is 5.69 Å². The number of amides is 1. The topological polar surface area (TPSA) is 79.0 Å². The Balaban J connectivity index is 1.42. The van der Waals surface area contributed by atoms with E-state index >= 15 is 0 Å². The monoisotopic (exact) mass is 478 g/mol. The maximum absolute atomic E-state index is 12.5. The van der Waals surface area contributed by atoms with Gasteiger partial charge in [0.1, 0.15) is 11.6 Å². The molecule has 6 nitrogen and oxygen atoms in total. The van der Waals surface area contributed by atoms with Gasteiger partial charge in [0.05, 0.1) is 22.7 Å².